The van der Waals surface area contributed by atoms with Gasteiger partial charge in [0.2, 0.25) is 0 Å². The summed E-state index contributed by atoms with van der Waals surface area (Å²) in [6.07, 6.45) is 3.53. The molecule has 1 heterocycles. The first-order valence-corrected chi connectivity index (χ1v) is 6.88. The monoisotopic (exact) mass is 308 g/mol. The van der Waals surface area contributed by atoms with Crippen LogP contribution in [0.3, 0.4) is 0 Å². The number of aromatic nitrogens is 3. The summed E-state index contributed by atoms with van der Waals surface area (Å²) in [6.45, 7) is 3.15. The Morgan fingerprint density at radius 2 is 2.11 bits per heavy atom. The summed E-state index contributed by atoms with van der Waals surface area (Å²) in [6, 6.07) is 8.79. The molecule has 1 atom stereocenters. The lowest BCUT2D eigenvalue weighted by Gasteiger charge is -2.14. The second-order valence-electron chi connectivity index (χ2n) is 4.26. The molecule has 0 spiro atoms. The largest absolute Gasteiger partial charge is 0.310 e. The first kappa shape index (κ1) is 13.2. The first-order chi connectivity index (χ1) is 8.75. The van der Waals surface area contributed by atoms with Gasteiger partial charge in [-0.2, -0.15) is 5.10 Å². The van der Waals surface area contributed by atoms with Crippen molar-refractivity contribution in [3.05, 3.63) is 46.5 Å². The van der Waals surface area contributed by atoms with Crippen molar-refractivity contribution in [3.63, 3.8) is 0 Å². The maximum Gasteiger partial charge on any atom is 0.137 e. The van der Waals surface area contributed by atoms with E-state index in [-0.39, 0.29) is 0 Å². The molecule has 96 valence electrons. The van der Waals surface area contributed by atoms with E-state index in [9.17, 15) is 0 Å². The van der Waals surface area contributed by atoms with Crippen LogP contribution in [0.4, 0.5) is 0 Å². The molecule has 0 fully saturated rings. The number of benzene rings is 1. The van der Waals surface area contributed by atoms with Crippen LogP contribution in [0.2, 0.25) is 0 Å². The SMILES string of the molecule is CC(NCCCc1ncn[nH]1)c1ccc(Br)cc1. The van der Waals surface area contributed by atoms with Gasteiger partial charge in [-0.15, -0.1) is 0 Å². The van der Waals surface area contributed by atoms with Crippen LogP contribution in [-0.2, 0) is 6.42 Å². The maximum atomic E-state index is 4.10. The van der Waals surface area contributed by atoms with Gasteiger partial charge in [0.25, 0.3) is 0 Å². The Morgan fingerprint density at radius 3 is 2.78 bits per heavy atom. The Kier molecular flexibility index (Phi) is 4.90. The third kappa shape index (κ3) is 3.92. The fourth-order valence-electron chi connectivity index (χ4n) is 1.79. The zero-order valence-corrected chi connectivity index (χ0v) is 11.9. The Bertz CT molecular complexity index is 452. The highest BCUT2D eigenvalue weighted by molar-refractivity contribution is 9.10. The molecule has 0 aliphatic heterocycles. The quantitative estimate of drug-likeness (QED) is 0.807. The molecule has 18 heavy (non-hydrogen) atoms. The molecule has 0 radical (unpaired) electrons. The molecule has 1 aromatic carbocycles. The Balaban J connectivity index is 1.71. The van der Waals surface area contributed by atoms with Crippen LogP contribution in [-0.4, -0.2) is 21.7 Å². The zero-order chi connectivity index (χ0) is 12.8. The number of nitrogens with one attached hydrogen (secondary N) is 2. The third-order valence-electron chi connectivity index (χ3n) is 2.88. The van der Waals surface area contributed by atoms with E-state index < -0.39 is 0 Å². The van der Waals surface area contributed by atoms with Crippen LogP contribution in [0.15, 0.2) is 35.1 Å². The highest BCUT2D eigenvalue weighted by Crippen LogP contribution is 2.16. The lowest BCUT2D eigenvalue weighted by Crippen LogP contribution is -2.20. The van der Waals surface area contributed by atoms with Crippen molar-refractivity contribution in [2.75, 3.05) is 6.54 Å². The van der Waals surface area contributed by atoms with Crippen LogP contribution in [0, 0.1) is 0 Å². The molecule has 0 saturated heterocycles. The standard InChI is InChI=1S/C13H17BrN4/c1-10(11-4-6-12(14)7-5-11)15-8-2-3-13-16-9-17-18-13/h4-7,9-10,15H,2-3,8H2,1H3,(H,16,17,18). The molecule has 5 heteroatoms. The number of aromatic amines is 1. The molecule has 1 unspecified atom stereocenters. The van der Waals surface area contributed by atoms with Crippen molar-refractivity contribution in [2.24, 2.45) is 0 Å². The Labute approximate surface area is 115 Å². The van der Waals surface area contributed by atoms with Gasteiger partial charge in [-0.1, -0.05) is 28.1 Å². The van der Waals surface area contributed by atoms with E-state index in [1.165, 1.54) is 5.56 Å². The fourth-order valence-corrected chi connectivity index (χ4v) is 2.06. The van der Waals surface area contributed by atoms with Gasteiger partial charge in [0.05, 0.1) is 0 Å². The molecular formula is C13H17BrN4. The number of rotatable bonds is 6. The van der Waals surface area contributed by atoms with Gasteiger partial charge in [-0.3, -0.25) is 5.10 Å². The lowest BCUT2D eigenvalue weighted by atomic mass is 10.1. The molecule has 2 rings (SSSR count). The van der Waals surface area contributed by atoms with E-state index in [4.69, 9.17) is 0 Å². The van der Waals surface area contributed by atoms with Gasteiger partial charge in [0.15, 0.2) is 0 Å². The normalized spacial score (nSPS) is 12.6. The highest BCUT2D eigenvalue weighted by Gasteiger charge is 2.04. The van der Waals surface area contributed by atoms with E-state index in [1.807, 2.05) is 0 Å². The molecule has 4 nitrogen and oxygen atoms in total. The minimum atomic E-state index is 0.368. The average molecular weight is 309 g/mol. The summed E-state index contributed by atoms with van der Waals surface area (Å²) in [5, 5.41) is 10.2. The average Bonchev–Trinajstić information content (AvgIpc) is 2.88. The molecule has 0 aliphatic carbocycles. The highest BCUT2D eigenvalue weighted by atomic mass is 79.9. The maximum absolute atomic E-state index is 4.10. The Hall–Kier alpha value is -1.20. The number of hydrogen-bond acceptors (Lipinski definition) is 3. The summed E-state index contributed by atoms with van der Waals surface area (Å²) in [5.74, 6) is 0.952. The van der Waals surface area contributed by atoms with Gasteiger partial charge in [0.1, 0.15) is 12.2 Å². The number of aryl methyl sites for hydroxylation is 1. The van der Waals surface area contributed by atoms with Gasteiger partial charge >= 0.3 is 0 Å². The minimum Gasteiger partial charge on any atom is -0.310 e. The van der Waals surface area contributed by atoms with E-state index >= 15 is 0 Å². The summed E-state index contributed by atoms with van der Waals surface area (Å²) in [4.78, 5) is 4.10. The summed E-state index contributed by atoms with van der Waals surface area (Å²) >= 11 is 3.44. The second-order valence-corrected chi connectivity index (χ2v) is 5.18. The van der Waals surface area contributed by atoms with Crippen molar-refractivity contribution >= 4 is 15.9 Å². The summed E-state index contributed by atoms with van der Waals surface area (Å²) < 4.78 is 1.11. The zero-order valence-electron chi connectivity index (χ0n) is 10.4. The van der Waals surface area contributed by atoms with Crippen LogP contribution < -0.4 is 5.32 Å². The van der Waals surface area contributed by atoms with Crippen molar-refractivity contribution in [1.82, 2.24) is 20.5 Å². The number of hydrogen-bond donors (Lipinski definition) is 2. The molecule has 2 N–H and O–H groups in total. The van der Waals surface area contributed by atoms with Crippen molar-refractivity contribution in [3.8, 4) is 0 Å². The summed E-state index contributed by atoms with van der Waals surface area (Å²) in [7, 11) is 0. The number of nitrogens with zero attached hydrogens (tertiary/aromatic N) is 2. The molecule has 0 amide bonds. The van der Waals surface area contributed by atoms with Crippen LogP contribution >= 0.6 is 15.9 Å². The molecule has 0 aliphatic rings. The van der Waals surface area contributed by atoms with E-state index in [2.05, 4.69) is 67.6 Å². The van der Waals surface area contributed by atoms with Crippen molar-refractivity contribution < 1.29 is 0 Å². The van der Waals surface area contributed by atoms with E-state index in [0.29, 0.717) is 6.04 Å². The first-order valence-electron chi connectivity index (χ1n) is 6.09. The van der Waals surface area contributed by atoms with Crippen molar-refractivity contribution in [2.45, 2.75) is 25.8 Å². The molecule has 0 bridgehead atoms. The predicted molar refractivity (Wildman–Crippen MR) is 75.3 cm³/mol. The predicted octanol–water partition coefficient (Wildman–Crippen LogP) is 2.85. The molecule has 0 saturated carbocycles. The van der Waals surface area contributed by atoms with Crippen molar-refractivity contribution in [1.29, 1.82) is 0 Å². The molecular weight excluding hydrogens is 292 g/mol. The topological polar surface area (TPSA) is 53.6 Å². The van der Waals surface area contributed by atoms with Gasteiger partial charge in [-0.05, 0) is 37.6 Å². The minimum absolute atomic E-state index is 0.368. The smallest absolute Gasteiger partial charge is 0.137 e. The number of H-pyrrole nitrogens is 1. The van der Waals surface area contributed by atoms with Gasteiger partial charge < -0.3 is 5.32 Å². The third-order valence-corrected chi connectivity index (χ3v) is 3.40. The van der Waals surface area contributed by atoms with Crippen LogP contribution in [0.5, 0.6) is 0 Å². The van der Waals surface area contributed by atoms with Gasteiger partial charge in [0, 0.05) is 16.9 Å². The van der Waals surface area contributed by atoms with Crippen LogP contribution in [0.25, 0.3) is 0 Å². The second kappa shape index (κ2) is 6.66. The summed E-state index contributed by atoms with van der Waals surface area (Å²) in [5.41, 5.74) is 1.30. The van der Waals surface area contributed by atoms with Gasteiger partial charge in [-0.25, -0.2) is 4.98 Å². The van der Waals surface area contributed by atoms with Crippen LogP contribution in [0.1, 0.15) is 30.8 Å². The van der Waals surface area contributed by atoms with E-state index in [0.717, 1.165) is 29.7 Å². The number of halogens is 1. The molecule has 2 aromatic rings. The lowest BCUT2D eigenvalue weighted by molar-refractivity contribution is 0.554. The molecule has 1 aromatic heterocycles. The fraction of sp³-hybridized carbons (Fsp3) is 0.385. The van der Waals surface area contributed by atoms with E-state index in [1.54, 1.807) is 6.33 Å². The Morgan fingerprint density at radius 1 is 1.33 bits per heavy atom.